The topological polar surface area (TPSA) is 103 Å². The summed E-state index contributed by atoms with van der Waals surface area (Å²) < 4.78 is 15.9. The van der Waals surface area contributed by atoms with Gasteiger partial charge in [0, 0.05) is 11.8 Å². The second-order valence-electron chi connectivity index (χ2n) is 6.41. The van der Waals surface area contributed by atoms with Crippen LogP contribution in [0.3, 0.4) is 0 Å². The van der Waals surface area contributed by atoms with E-state index in [4.69, 9.17) is 14.2 Å². The van der Waals surface area contributed by atoms with Crippen LogP contribution in [0.4, 0.5) is 10.5 Å². The number of esters is 1. The van der Waals surface area contributed by atoms with Gasteiger partial charge in [-0.15, -0.1) is 0 Å². The minimum Gasteiger partial charge on any atom is -0.490 e. The second-order valence-corrected chi connectivity index (χ2v) is 6.41. The number of carbonyl (C=O) groups excluding carboxylic acids is 3. The summed E-state index contributed by atoms with van der Waals surface area (Å²) in [6.45, 7) is 7.82. The van der Waals surface area contributed by atoms with Crippen LogP contribution in [-0.2, 0) is 9.53 Å². The molecule has 0 bridgehead atoms. The molecule has 3 amide bonds. The Balaban J connectivity index is 1.88. The van der Waals surface area contributed by atoms with Gasteiger partial charge in [-0.25, -0.2) is 9.59 Å². The maximum absolute atomic E-state index is 12.0. The van der Waals surface area contributed by atoms with Gasteiger partial charge in [-0.3, -0.25) is 10.1 Å². The molecule has 8 heteroatoms. The zero-order valence-electron chi connectivity index (χ0n) is 17.5. The monoisotopic (exact) mass is 414 g/mol. The summed E-state index contributed by atoms with van der Waals surface area (Å²) in [5, 5.41) is 4.64. The van der Waals surface area contributed by atoms with Crippen molar-refractivity contribution < 1.29 is 28.6 Å². The van der Waals surface area contributed by atoms with E-state index in [1.807, 2.05) is 27.7 Å². The van der Waals surface area contributed by atoms with Gasteiger partial charge in [0.15, 0.2) is 18.1 Å². The number of aryl methyl sites for hydroxylation is 2. The molecule has 30 heavy (non-hydrogen) atoms. The number of imide groups is 1. The highest BCUT2D eigenvalue weighted by molar-refractivity contribution is 6.02. The lowest BCUT2D eigenvalue weighted by Gasteiger charge is -2.13. The highest BCUT2D eigenvalue weighted by atomic mass is 16.5. The van der Waals surface area contributed by atoms with E-state index in [1.54, 1.807) is 36.4 Å². The van der Waals surface area contributed by atoms with Crippen molar-refractivity contribution in [2.75, 3.05) is 25.1 Å². The molecule has 8 nitrogen and oxygen atoms in total. The van der Waals surface area contributed by atoms with E-state index >= 15 is 0 Å². The van der Waals surface area contributed by atoms with Crippen LogP contribution in [0.15, 0.2) is 36.4 Å². The molecule has 0 spiro atoms. The summed E-state index contributed by atoms with van der Waals surface area (Å²) in [6.07, 6.45) is 0. The molecule has 2 rings (SSSR count). The second kappa shape index (κ2) is 10.8. The molecule has 0 unspecified atom stereocenters. The largest absolute Gasteiger partial charge is 0.490 e. The molecule has 0 fully saturated rings. The Morgan fingerprint density at radius 3 is 2.23 bits per heavy atom. The molecule has 2 N–H and O–H groups in total. The third-order valence-electron chi connectivity index (χ3n) is 4.13. The normalized spacial score (nSPS) is 10.1. The molecule has 0 heterocycles. The van der Waals surface area contributed by atoms with Crippen LogP contribution in [0.5, 0.6) is 11.5 Å². The average molecular weight is 414 g/mol. The smallest absolute Gasteiger partial charge is 0.338 e. The number of ether oxygens (including phenoxy) is 3. The lowest BCUT2D eigenvalue weighted by Crippen LogP contribution is -2.37. The molecule has 2 aromatic rings. The summed E-state index contributed by atoms with van der Waals surface area (Å²) in [4.78, 5) is 36.0. The lowest BCUT2D eigenvalue weighted by atomic mass is 10.1. The van der Waals surface area contributed by atoms with Crippen LogP contribution in [0.1, 0.15) is 35.3 Å². The van der Waals surface area contributed by atoms with E-state index in [2.05, 4.69) is 10.6 Å². The maximum atomic E-state index is 12.0. The molecule has 0 aliphatic rings. The molecule has 0 saturated carbocycles. The van der Waals surface area contributed by atoms with Crippen molar-refractivity contribution in [2.24, 2.45) is 0 Å². The summed E-state index contributed by atoms with van der Waals surface area (Å²) in [5.74, 6) is -0.354. The van der Waals surface area contributed by atoms with Gasteiger partial charge in [0.05, 0.1) is 18.8 Å². The van der Waals surface area contributed by atoms with Crippen LogP contribution in [0.2, 0.25) is 0 Å². The zero-order chi connectivity index (χ0) is 22.1. The molecule has 0 saturated heterocycles. The molecule has 0 aromatic heterocycles. The van der Waals surface area contributed by atoms with Crippen molar-refractivity contribution in [3.05, 3.63) is 53.1 Å². The molecule has 0 aliphatic carbocycles. The molecule has 2 aromatic carbocycles. The Bertz CT molecular complexity index is 926. The summed E-state index contributed by atoms with van der Waals surface area (Å²) in [6, 6.07) is 9.23. The fourth-order valence-electron chi connectivity index (χ4n) is 2.54. The van der Waals surface area contributed by atoms with Gasteiger partial charge in [0.25, 0.3) is 5.91 Å². The number of carbonyl (C=O) groups is 3. The SMILES string of the molecule is CCOc1ccc(NC(=O)NC(=O)COC(=O)c2ccc(C)c(C)c2)cc1OCC. The number of nitrogens with one attached hydrogen (secondary N) is 2. The summed E-state index contributed by atoms with van der Waals surface area (Å²) in [7, 11) is 0. The van der Waals surface area contributed by atoms with Crippen molar-refractivity contribution in [2.45, 2.75) is 27.7 Å². The predicted molar refractivity (Wildman–Crippen MR) is 112 cm³/mol. The van der Waals surface area contributed by atoms with Gasteiger partial charge in [-0.2, -0.15) is 0 Å². The van der Waals surface area contributed by atoms with Gasteiger partial charge in [0.1, 0.15) is 0 Å². The number of urea groups is 1. The van der Waals surface area contributed by atoms with Gasteiger partial charge in [-0.1, -0.05) is 6.07 Å². The Morgan fingerprint density at radius 1 is 0.867 bits per heavy atom. The number of rotatable bonds is 8. The Hall–Kier alpha value is -3.55. The first-order valence-electron chi connectivity index (χ1n) is 9.58. The quantitative estimate of drug-likeness (QED) is 0.640. The molecule has 0 atom stereocenters. The van der Waals surface area contributed by atoms with Crippen molar-refractivity contribution >= 4 is 23.6 Å². The fourth-order valence-corrected chi connectivity index (χ4v) is 2.54. The van der Waals surface area contributed by atoms with E-state index in [0.717, 1.165) is 11.1 Å². The van der Waals surface area contributed by atoms with Gasteiger partial charge in [-0.05, 0) is 63.1 Å². The fraction of sp³-hybridized carbons (Fsp3) is 0.318. The number of hydrogen-bond donors (Lipinski definition) is 2. The van der Waals surface area contributed by atoms with E-state index in [9.17, 15) is 14.4 Å². The Morgan fingerprint density at radius 2 is 1.57 bits per heavy atom. The lowest BCUT2D eigenvalue weighted by molar-refractivity contribution is -0.123. The highest BCUT2D eigenvalue weighted by Crippen LogP contribution is 2.30. The number of benzene rings is 2. The van der Waals surface area contributed by atoms with E-state index in [0.29, 0.717) is 36.0 Å². The van der Waals surface area contributed by atoms with Crippen molar-refractivity contribution in [1.29, 1.82) is 0 Å². The van der Waals surface area contributed by atoms with E-state index in [1.165, 1.54) is 0 Å². The van der Waals surface area contributed by atoms with E-state index in [-0.39, 0.29) is 0 Å². The highest BCUT2D eigenvalue weighted by Gasteiger charge is 2.14. The first-order valence-corrected chi connectivity index (χ1v) is 9.58. The van der Waals surface area contributed by atoms with Crippen molar-refractivity contribution in [1.82, 2.24) is 5.32 Å². The molecular weight excluding hydrogens is 388 g/mol. The number of amides is 3. The number of anilines is 1. The zero-order valence-corrected chi connectivity index (χ0v) is 17.5. The Labute approximate surface area is 175 Å². The van der Waals surface area contributed by atoms with Gasteiger partial charge in [0.2, 0.25) is 0 Å². The summed E-state index contributed by atoms with van der Waals surface area (Å²) in [5.41, 5.74) is 2.74. The molecule has 0 aliphatic heterocycles. The molecule has 0 radical (unpaired) electrons. The Kier molecular flexibility index (Phi) is 8.22. The van der Waals surface area contributed by atoms with Gasteiger partial charge < -0.3 is 19.5 Å². The molecular formula is C22H26N2O6. The third kappa shape index (κ3) is 6.51. The molecule has 160 valence electrons. The van der Waals surface area contributed by atoms with Crippen molar-refractivity contribution in [3.8, 4) is 11.5 Å². The van der Waals surface area contributed by atoms with Crippen LogP contribution in [0, 0.1) is 13.8 Å². The maximum Gasteiger partial charge on any atom is 0.338 e. The number of hydrogen-bond acceptors (Lipinski definition) is 6. The van der Waals surface area contributed by atoms with Crippen LogP contribution >= 0.6 is 0 Å². The minimum absolute atomic E-state index is 0.341. The predicted octanol–water partition coefficient (Wildman–Crippen LogP) is 3.61. The van der Waals surface area contributed by atoms with Crippen LogP contribution < -0.4 is 20.1 Å². The first kappa shape index (κ1) is 22.7. The van der Waals surface area contributed by atoms with Crippen LogP contribution in [0.25, 0.3) is 0 Å². The standard InChI is InChI=1S/C22H26N2O6/c1-5-28-18-10-9-17(12-19(18)29-6-2)23-22(27)24-20(25)13-30-21(26)16-8-7-14(3)15(4)11-16/h7-12H,5-6,13H2,1-4H3,(H2,23,24,25,27). The minimum atomic E-state index is -0.756. The first-order chi connectivity index (χ1) is 14.3. The van der Waals surface area contributed by atoms with Crippen molar-refractivity contribution in [3.63, 3.8) is 0 Å². The summed E-state index contributed by atoms with van der Waals surface area (Å²) >= 11 is 0. The van der Waals surface area contributed by atoms with Crippen LogP contribution in [-0.4, -0.2) is 37.7 Å². The third-order valence-corrected chi connectivity index (χ3v) is 4.13. The average Bonchev–Trinajstić information content (AvgIpc) is 2.70. The van der Waals surface area contributed by atoms with Gasteiger partial charge >= 0.3 is 12.0 Å². The van der Waals surface area contributed by atoms with E-state index < -0.39 is 24.5 Å².